The molecule has 0 fully saturated rings. The smallest absolute Gasteiger partial charge is 0.358 e. The number of hydrogen-bond acceptors (Lipinski definition) is 22. The highest BCUT2D eigenvalue weighted by Gasteiger charge is 2.24. The number of benzene rings is 1. The number of imidazole rings is 5. The molecule has 2 amide bonds. The minimum Gasteiger partial charge on any atom is -0.478 e. The van der Waals surface area contributed by atoms with Gasteiger partial charge in [-0.25, -0.2) is 90.1 Å². The van der Waals surface area contributed by atoms with Gasteiger partial charge in [0, 0.05) is 98.9 Å². The standard InChI is InChI=1S/C22H18ClN7O.C13H11ClN4O2.C13H12N4O3.C11H7ClN4O2.C11H10N2O4/c1-14-4-2-5-16(8-14)30-12-15(10-26-30)9-25-22(31)18-13-29-7-3-6-17(21(29)27-18)20-24-11-19(23)28-20;1-2-20-13(19)9-7-18-5-3-4-8(12(18)16-9)11-15-6-10(14)17-11;1-3-20-13(19)10-7-17-6-4-5-9(11(17)16-10)12(18)15-8-14-2;12-8-4-13-9(15-8)6-2-1-3-16-5-7(11(17)18)14-10(6)16;1-2-17-11(16)8-6-13-5-3-4-7(10(14)15)9(13)12-8/h2-8,10-13,19H,9H2,1H3,(H,25,31);3-7,10H,2H2,1H3;4-7H,3,8H2,1H3,(H,15,18);1-5,8H,(H,17,18);3-6H,2H2,1H3,(H,14,15). The maximum Gasteiger partial charge on any atom is 0.358 e. The molecule has 12 aromatic rings. The molecule has 33 nitrogen and oxygen atoms in total. The zero-order chi connectivity index (χ0) is 75.1. The summed E-state index contributed by atoms with van der Waals surface area (Å²) in [4.78, 5) is 130. The second-order valence-electron chi connectivity index (χ2n) is 22.1. The number of aromatic nitrogens is 12. The zero-order valence-electron chi connectivity index (χ0n) is 56.1. The Balaban J connectivity index is 0.000000135. The Morgan fingerprint density at radius 3 is 1.32 bits per heavy atom. The quantitative estimate of drug-likeness (QED) is 0.0217. The molecule has 0 radical (unpaired) electrons. The Labute approximate surface area is 614 Å². The number of carboxylic acids is 2. The van der Waals surface area contributed by atoms with E-state index in [1.54, 1.807) is 129 Å². The van der Waals surface area contributed by atoms with Crippen LogP contribution < -0.4 is 10.6 Å². The number of carbonyl (C=O) groups excluding carboxylic acids is 5. The van der Waals surface area contributed by atoms with Crippen LogP contribution >= 0.6 is 34.8 Å². The van der Waals surface area contributed by atoms with Gasteiger partial charge in [0.1, 0.15) is 28.2 Å². The van der Waals surface area contributed by atoms with E-state index >= 15 is 0 Å². The van der Waals surface area contributed by atoms with E-state index in [1.807, 2.05) is 61.8 Å². The van der Waals surface area contributed by atoms with E-state index in [0.717, 1.165) is 27.9 Å². The molecule has 3 atom stereocenters. The van der Waals surface area contributed by atoms with Crippen molar-refractivity contribution in [1.82, 2.24) is 67.3 Å². The number of aromatic carboxylic acids is 2. The number of ether oxygens (including phenoxy) is 3. The van der Waals surface area contributed by atoms with Crippen molar-refractivity contribution in [3.8, 4) is 5.69 Å². The van der Waals surface area contributed by atoms with Crippen LogP contribution in [0.4, 0.5) is 0 Å². The molecule has 4 N–H and O–H groups in total. The lowest BCUT2D eigenvalue weighted by Crippen LogP contribution is -2.23. The fraction of sp³-hybridized carbons (Fsp3) is 0.171. The van der Waals surface area contributed by atoms with Crippen LogP contribution in [0.25, 0.3) is 38.8 Å². The van der Waals surface area contributed by atoms with Crippen LogP contribution in [0.2, 0.25) is 0 Å². The number of amides is 2. The van der Waals surface area contributed by atoms with E-state index in [9.17, 15) is 33.6 Å². The second kappa shape index (κ2) is 33.6. The number of hydrogen-bond donors (Lipinski definition) is 4. The van der Waals surface area contributed by atoms with E-state index < -0.39 is 52.3 Å². The van der Waals surface area contributed by atoms with Crippen LogP contribution in [0.1, 0.15) is 122 Å². The third-order valence-electron chi connectivity index (χ3n) is 14.9. The molecule has 15 rings (SSSR count). The maximum absolute atomic E-state index is 12.7. The predicted octanol–water partition coefficient (Wildman–Crippen LogP) is 8.82. The van der Waals surface area contributed by atoms with Crippen LogP contribution in [-0.2, 0) is 20.8 Å². The number of alkyl halides is 3. The van der Waals surface area contributed by atoms with Gasteiger partial charge in [0.15, 0.2) is 68.1 Å². The summed E-state index contributed by atoms with van der Waals surface area (Å²) in [5, 5.41) is 27.6. The number of pyridine rings is 5. The van der Waals surface area contributed by atoms with Crippen molar-refractivity contribution in [3.05, 3.63) is 238 Å². The number of carboxylic acid groups (broad SMARTS) is 2. The largest absolute Gasteiger partial charge is 0.478 e. The molecule has 3 aliphatic rings. The SMILES string of the molecule is CCOC(=O)c1cn2cccc(C(=O)O)c2n1.CCOC(=O)c1cn2cccc(C3=NC(Cl)C=N3)c2n1.Cc1cccc(-n2cc(CNC(=O)c3cn4cccc(C5=NC(Cl)C=N5)c4n3)cn2)c1.O=C(O)c1cn2cccc(C3=NC(Cl)C=N3)c2n1.[C-]#[N+]CNC(=O)c1cccn2cc(C(=O)OCC)nc12. The van der Waals surface area contributed by atoms with Crippen LogP contribution in [0.3, 0.4) is 0 Å². The first-order valence-corrected chi connectivity index (χ1v) is 33.2. The van der Waals surface area contributed by atoms with Gasteiger partial charge >= 0.3 is 29.8 Å². The Morgan fingerprint density at radius 2 is 0.896 bits per heavy atom. The first kappa shape index (κ1) is 73.8. The van der Waals surface area contributed by atoms with Gasteiger partial charge in [-0.15, -0.1) is 0 Å². The third-order valence-corrected chi connectivity index (χ3v) is 15.5. The molecule has 106 heavy (non-hydrogen) atoms. The number of aliphatic imine (C=N–C) groups is 6. The summed E-state index contributed by atoms with van der Waals surface area (Å²) in [6.45, 7) is 14.9. The number of carbonyl (C=O) groups is 7. The Morgan fingerprint density at radius 1 is 0.491 bits per heavy atom. The fourth-order valence-corrected chi connectivity index (χ4v) is 10.7. The summed E-state index contributed by atoms with van der Waals surface area (Å²) >= 11 is 17.6. The molecular weight excluding hydrogens is 1430 g/mol. The zero-order valence-corrected chi connectivity index (χ0v) is 58.4. The van der Waals surface area contributed by atoms with E-state index in [-0.39, 0.29) is 59.8 Å². The predicted molar refractivity (Wildman–Crippen MR) is 390 cm³/mol. The molecule has 536 valence electrons. The molecule has 0 saturated heterocycles. The van der Waals surface area contributed by atoms with Crippen molar-refractivity contribution in [2.24, 2.45) is 30.0 Å². The third kappa shape index (κ3) is 17.4. The van der Waals surface area contributed by atoms with Crippen LogP contribution in [-0.4, -0.2) is 188 Å². The lowest BCUT2D eigenvalue weighted by molar-refractivity contribution is 0.0511. The monoisotopic (exact) mass is 1490 g/mol. The van der Waals surface area contributed by atoms with Gasteiger partial charge < -0.3 is 51.7 Å². The molecule has 11 aromatic heterocycles. The minimum absolute atomic E-state index is 0.0209. The summed E-state index contributed by atoms with van der Waals surface area (Å²) in [5.41, 5.74) is 7.10. The number of esters is 3. The van der Waals surface area contributed by atoms with Crippen molar-refractivity contribution < 1.29 is 58.0 Å². The highest BCUT2D eigenvalue weighted by atomic mass is 35.5. The number of nitrogens with one attached hydrogen (secondary N) is 2. The molecule has 14 heterocycles. The van der Waals surface area contributed by atoms with Gasteiger partial charge in [-0.1, -0.05) is 46.9 Å². The lowest BCUT2D eigenvalue weighted by atomic mass is 10.2. The summed E-state index contributed by atoms with van der Waals surface area (Å²) in [6.07, 6.45) is 24.6. The second-order valence-corrected chi connectivity index (χ2v) is 23.5. The number of nitrogens with zero attached hydrogens (tertiary/aromatic N) is 19. The van der Waals surface area contributed by atoms with E-state index in [0.29, 0.717) is 70.1 Å². The van der Waals surface area contributed by atoms with Crippen molar-refractivity contribution in [3.63, 3.8) is 0 Å². The van der Waals surface area contributed by atoms with Crippen LogP contribution in [0.15, 0.2) is 189 Å². The molecule has 36 heteroatoms. The highest BCUT2D eigenvalue weighted by molar-refractivity contribution is 6.33. The Kier molecular flexibility index (Phi) is 23.4. The molecule has 0 saturated carbocycles. The van der Waals surface area contributed by atoms with Gasteiger partial charge in [-0.05, 0) is 106 Å². The topological polar surface area (TPSA) is 395 Å². The van der Waals surface area contributed by atoms with Gasteiger partial charge in [-0.3, -0.25) is 19.8 Å². The highest BCUT2D eigenvalue weighted by Crippen LogP contribution is 2.22. The molecule has 3 unspecified atom stereocenters. The number of rotatable bonds is 17. The average Bonchev–Trinajstić information content (AvgIpc) is 1.67. The van der Waals surface area contributed by atoms with E-state index in [2.05, 4.69) is 81.5 Å². The summed E-state index contributed by atoms with van der Waals surface area (Å²) in [5.74, 6) is -2.91. The van der Waals surface area contributed by atoms with E-state index in [4.69, 9.17) is 65.8 Å². The van der Waals surface area contributed by atoms with Gasteiger partial charge in [-0.2, -0.15) is 5.10 Å². The molecule has 0 bridgehead atoms. The number of fused-ring (bicyclic) bond motifs is 5. The van der Waals surface area contributed by atoms with Crippen molar-refractivity contribution in [2.75, 3.05) is 26.5 Å². The summed E-state index contributed by atoms with van der Waals surface area (Å²) in [7, 11) is 0. The van der Waals surface area contributed by atoms with Crippen molar-refractivity contribution >= 4 is 141 Å². The van der Waals surface area contributed by atoms with Gasteiger partial charge in [0.05, 0.1) is 54.0 Å². The molecular formula is C70H58Cl3N21O12. The maximum atomic E-state index is 12.7. The number of amidine groups is 3. The first-order valence-electron chi connectivity index (χ1n) is 31.9. The van der Waals surface area contributed by atoms with Crippen LogP contribution in [0, 0.1) is 13.5 Å². The summed E-state index contributed by atoms with van der Waals surface area (Å²) < 4.78 is 24.6. The number of halogens is 3. The Hall–Kier alpha value is -13.5. The van der Waals surface area contributed by atoms with Crippen molar-refractivity contribution in [2.45, 2.75) is 50.7 Å². The lowest BCUT2D eigenvalue weighted by Gasteiger charge is -2.02. The minimum atomic E-state index is -1.09. The van der Waals surface area contributed by atoms with Gasteiger partial charge in [0.25, 0.3) is 18.5 Å². The average molecular weight is 1490 g/mol. The van der Waals surface area contributed by atoms with Crippen molar-refractivity contribution in [1.29, 1.82) is 0 Å². The molecule has 0 spiro atoms. The molecule has 3 aliphatic heterocycles. The Bertz CT molecular complexity index is 5640. The summed E-state index contributed by atoms with van der Waals surface area (Å²) in [6, 6.07) is 25.2. The number of aryl methyl sites for hydroxylation is 1. The normalized spacial score (nSPS) is 14.5. The van der Waals surface area contributed by atoms with E-state index in [1.165, 1.54) is 35.3 Å². The van der Waals surface area contributed by atoms with Gasteiger partial charge in [0.2, 0.25) is 0 Å². The first-order chi connectivity index (χ1) is 51.2. The molecule has 0 aliphatic carbocycles. The fourth-order valence-electron chi connectivity index (χ4n) is 10.3. The van der Waals surface area contributed by atoms with Crippen LogP contribution in [0.5, 0.6) is 0 Å². The molecule has 1 aromatic carbocycles.